The summed E-state index contributed by atoms with van der Waals surface area (Å²) >= 11 is 0. The molecule has 0 aromatic rings. The van der Waals surface area contributed by atoms with Crippen LogP contribution in [0.3, 0.4) is 0 Å². The number of ether oxygens (including phenoxy) is 2. The molecule has 21 heavy (non-hydrogen) atoms. The van der Waals surface area contributed by atoms with E-state index in [1.807, 2.05) is 0 Å². The minimum absolute atomic E-state index is 0.438. The van der Waals surface area contributed by atoms with E-state index in [1.54, 1.807) is 14.2 Å². The van der Waals surface area contributed by atoms with Gasteiger partial charge in [-0.15, -0.1) is 0 Å². The van der Waals surface area contributed by atoms with Crippen molar-refractivity contribution in [1.29, 1.82) is 0 Å². The highest BCUT2D eigenvalue weighted by Gasteiger charge is 2.35. The summed E-state index contributed by atoms with van der Waals surface area (Å²) in [6.45, 7) is 8.47. The minimum Gasteiger partial charge on any atom is -0.385 e. The summed E-state index contributed by atoms with van der Waals surface area (Å²) in [5.41, 5.74) is 0.438. The number of hydrogen-bond donors (Lipinski definition) is 1. The van der Waals surface area contributed by atoms with Crippen molar-refractivity contribution in [2.45, 2.75) is 39.0 Å². The van der Waals surface area contributed by atoms with E-state index in [0.29, 0.717) is 5.41 Å². The zero-order valence-corrected chi connectivity index (χ0v) is 14.6. The molecular formula is C17H36N2O2. The number of nitrogens with zero attached hydrogens (tertiary/aromatic N) is 1. The quantitative estimate of drug-likeness (QED) is 0.594. The van der Waals surface area contributed by atoms with Crippen molar-refractivity contribution >= 4 is 0 Å². The van der Waals surface area contributed by atoms with Gasteiger partial charge in [0.1, 0.15) is 0 Å². The first-order valence-electron chi connectivity index (χ1n) is 8.49. The number of hydrogen-bond acceptors (Lipinski definition) is 4. The van der Waals surface area contributed by atoms with Crippen LogP contribution < -0.4 is 5.32 Å². The lowest BCUT2D eigenvalue weighted by Crippen LogP contribution is -2.46. The minimum atomic E-state index is 0.438. The summed E-state index contributed by atoms with van der Waals surface area (Å²) in [7, 11) is 5.81. The number of rotatable bonds is 11. The molecule has 0 saturated heterocycles. The van der Waals surface area contributed by atoms with Gasteiger partial charge in [0.25, 0.3) is 0 Å². The fraction of sp³-hybridized carbons (Fsp3) is 1.00. The third-order valence-electron chi connectivity index (χ3n) is 4.66. The average molecular weight is 300 g/mol. The second-order valence-electron chi connectivity index (χ2n) is 6.96. The maximum absolute atomic E-state index is 5.16. The number of nitrogens with one attached hydrogen (secondary N) is 1. The van der Waals surface area contributed by atoms with Crippen LogP contribution in [-0.4, -0.2) is 65.6 Å². The summed E-state index contributed by atoms with van der Waals surface area (Å²) in [6.07, 6.45) is 6.59. The first kappa shape index (κ1) is 18.9. The largest absolute Gasteiger partial charge is 0.385 e. The van der Waals surface area contributed by atoms with E-state index in [-0.39, 0.29) is 0 Å². The molecule has 0 aliphatic heterocycles. The van der Waals surface area contributed by atoms with Crippen molar-refractivity contribution < 1.29 is 9.47 Å². The van der Waals surface area contributed by atoms with Crippen molar-refractivity contribution in [3.63, 3.8) is 0 Å². The highest BCUT2D eigenvalue weighted by Crippen LogP contribution is 2.39. The predicted molar refractivity (Wildman–Crippen MR) is 88.8 cm³/mol. The predicted octanol–water partition coefficient (Wildman–Crippen LogP) is 2.39. The van der Waals surface area contributed by atoms with Crippen LogP contribution in [0.1, 0.15) is 39.0 Å². The van der Waals surface area contributed by atoms with Gasteiger partial charge in [0.2, 0.25) is 0 Å². The van der Waals surface area contributed by atoms with E-state index in [9.17, 15) is 0 Å². The molecule has 0 heterocycles. The van der Waals surface area contributed by atoms with E-state index in [2.05, 4.69) is 24.2 Å². The first-order valence-corrected chi connectivity index (χ1v) is 8.49. The van der Waals surface area contributed by atoms with Gasteiger partial charge in [-0.2, -0.15) is 0 Å². The van der Waals surface area contributed by atoms with Crippen LogP contribution in [0.5, 0.6) is 0 Å². The lowest BCUT2D eigenvalue weighted by atomic mass is 9.69. The van der Waals surface area contributed by atoms with Crippen LogP contribution in [0.15, 0.2) is 0 Å². The smallest absolute Gasteiger partial charge is 0.0587 e. The molecular weight excluding hydrogens is 264 g/mol. The summed E-state index contributed by atoms with van der Waals surface area (Å²) in [5.74, 6) is 0.857. The van der Waals surface area contributed by atoms with E-state index in [0.717, 1.165) is 45.2 Å². The van der Waals surface area contributed by atoms with Gasteiger partial charge < -0.3 is 19.7 Å². The molecule has 0 spiro atoms. The Labute approximate surface area is 131 Å². The lowest BCUT2D eigenvalue weighted by Gasteiger charge is -2.43. The third kappa shape index (κ3) is 7.59. The molecule has 0 aromatic heterocycles. The molecule has 1 aliphatic carbocycles. The monoisotopic (exact) mass is 300 g/mol. The Bertz CT molecular complexity index is 263. The van der Waals surface area contributed by atoms with Gasteiger partial charge in [0.15, 0.2) is 0 Å². The van der Waals surface area contributed by atoms with E-state index < -0.39 is 0 Å². The summed E-state index contributed by atoms with van der Waals surface area (Å²) < 4.78 is 10.3. The van der Waals surface area contributed by atoms with Crippen molar-refractivity contribution in [1.82, 2.24) is 10.2 Å². The van der Waals surface area contributed by atoms with Crippen molar-refractivity contribution in [2.24, 2.45) is 11.3 Å². The molecule has 4 nitrogen and oxygen atoms in total. The molecule has 2 atom stereocenters. The van der Waals surface area contributed by atoms with E-state index in [4.69, 9.17) is 9.47 Å². The van der Waals surface area contributed by atoms with Crippen LogP contribution in [0.2, 0.25) is 0 Å². The van der Waals surface area contributed by atoms with Gasteiger partial charge in [0.05, 0.1) is 6.61 Å². The highest BCUT2D eigenvalue weighted by atomic mass is 16.5. The maximum Gasteiger partial charge on any atom is 0.0587 e. The van der Waals surface area contributed by atoms with E-state index >= 15 is 0 Å². The Morgan fingerprint density at radius 2 is 2.00 bits per heavy atom. The lowest BCUT2D eigenvalue weighted by molar-refractivity contribution is 0.0838. The zero-order chi connectivity index (χ0) is 15.6. The molecule has 1 saturated carbocycles. The standard InChI is InChI=1S/C17H36N2O2/c1-16-7-5-8-17(13-16,14-18-9-12-21-4)15-19(2)10-6-11-20-3/h16,18H,5-15H2,1-4H3. The molecule has 1 rings (SSSR count). The fourth-order valence-electron chi connectivity index (χ4n) is 3.79. The molecule has 0 radical (unpaired) electrons. The van der Waals surface area contributed by atoms with Crippen LogP contribution in [0.4, 0.5) is 0 Å². The maximum atomic E-state index is 5.16. The summed E-state index contributed by atoms with van der Waals surface area (Å²) in [4.78, 5) is 2.50. The molecule has 0 amide bonds. The second-order valence-corrected chi connectivity index (χ2v) is 6.96. The van der Waals surface area contributed by atoms with Crippen LogP contribution in [0.25, 0.3) is 0 Å². The Morgan fingerprint density at radius 1 is 1.24 bits per heavy atom. The van der Waals surface area contributed by atoms with E-state index in [1.165, 1.54) is 32.2 Å². The molecule has 1 fully saturated rings. The average Bonchev–Trinajstić information content (AvgIpc) is 2.44. The number of methoxy groups -OCH3 is 2. The molecule has 4 heteroatoms. The van der Waals surface area contributed by atoms with Crippen LogP contribution in [0, 0.1) is 11.3 Å². The Hall–Kier alpha value is -0.160. The Balaban J connectivity index is 2.46. The van der Waals surface area contributed by atoms with Crippen molar-refractivity contribution in [3.05, 3.63) is 0 Å². The fourth-order valence-corrected chi connectivity index (χ4v) is 3.79. The summed E-state index contributed by atoms with van der Waals surface area (Å²) in [5, 5.41) is 3.61. The first-order chi connectivity index (χ1) is 10.1. The zero-order valence-electron chi connectivity index (χ0n) is 14.6. The van der Waals surface area contributed by atoms with Crippen molar-refractivity contribution in [2.75, 3.05) is 60.7 Å². The molecule has 126 valence electrons. The molecule has 0 bridgehead atoms. The van der Waals surface area contributed by atoms with Crippen LogP contribution >= 0.6 is 0 Å². The van der Waals surface area contributed by atoms with Gasteiger partial charge >= 0.3 is 0 Å². The Kier molecular flexibility index (Phi) is 9.49. The second kappa shape index (κ2) is 10.5. The van der Waals surface area contributed by atoms with Gasteiger partial charge in [-0.3, -0.25) is 0 Å². The topological polar surface area (TPSA) is 33.7 Å². The van der Waals surface area contributed by atoms with Gasteiger partial charge in [-0.25, -0.2) is 0 Å². The van der Waals surface area contributed by atoms with Gasteiger partial charge in [0, 0.05) is 47.0 Å². The SMILES string of the molecule is COCCCN(C)CC1(CNCCOC)CCCC(C)C1. The summed E-state index contributed by atoms with van der Waals surface area (Å²) in [6, 6.07) is 0. The third-order valence-corrected chi connectivity index (χ3v) is 4.66. The van der Waals surface area contributed by atoms with Crippen LogP contribution in [-0.2, 0) is 9.47 Å². The Morgan fingerprint density at radius 3 is 2.67 bits per heavy atom. The normalized spacial score (nSPS) is 26.4. The van der Waals surface area contributed by atoms with Crippen molar-refractivity contribution in [3.8, 4) is 0 Å². The molecule has 1 N–H and O–H groups in total. The van der Waals surface area contributed by atoms with Gasteiger partial charge in [-0.05, 0) is 37.6 Å². The molecule has 1 aliphatic rings. The molecule has 0 aromatic carbocycles. The molecule has 2 unspecified atom stereocenters. The highest BCUT2D eigenvalue weighted by molar-refractivity contribution is 4.89. The van der Waals surface area contributed by atoms with Gasteiger partial charge in [-0.1, -0.05) is 19.8 Å².